The molecular formula is C18H15ClFN3O2. The number of hydrogen-bond acceptors (Lipinski definition) is 4. The minimum absolute atomic E-state index is 0.193. The van der Waals surface area contributed by atoms with Crippen molar-refractivity contribution in [2.75, 3.05) is 13.6 Å². The van der Waals surface area contributed by atoms with E-state index in [9.17, 15) is 9.18 Å². The van der Waals surface area contributed by atoms with Crippen molar-refractivity contribution in [1.29, 1.82) is 0 Å². The lowest BCUT2D eigenvalue weighted by molar-refractivity contribution is 0.0795. The van der Waals surface area contributed by atoms with Crippen molar-refractivity contribution in [1.82, 2.24) is 15.0 Å². The van der Waals surface area contributed by atoms with Gasteiger partial charge in [-0.1, -0.05) is 16.8 Å². The van der Waals surface area contributed by atoms with Crippen molar-refractivity contribution in [3.05, 3.63) is 70.8 Å². The number of rotatable bonds is 5. The predicted octanol–water partition coefficient (Wildman–Crippen LogP) is 3.84. The summed E-state index contributed by atoms with van der Waals surface area (Å²) in [4.78, 5) is 18.1. The summed E-state index contributed by atoms with van der Waals surface area (Å²) in [5.74, 6) is 0.338. The maximum atomic E-state index is 12.9. The molecule has 1 heterocycles. The van der Waals surface area contributed by atoms with Crippen LogP contribution >= 0.6 is 11.6 Å². The molecule has 0 saturated heterocycles. The summed E-state index contributed by atoms with van der Waals surface area (Å²) in [7, 11) is 1.67. The molecule has 0 atom stereocenters. The highest BCUT2D eigenvalue weighted by Gasteiger charge is 2.14. The van der Waals surface area contributed by atoms with Crippen LogP contribution in [0.25, 0.3) is 11.5 Å². The number of hydrogen-bond donors (Lipinski definition) is 0. The van der Waals surface area contributed by atoms with E-state index in [4.69, 9.17) is 16.1 Å². The first kappa shape index (κ1) is 17.1. The lowest BCUT2D eigenvalue weighted by atomic mass is 10.2. The Labute approximate surface area is 149 Å². The molecule has 3 aromatic rings. The van der Waals surface area contributed by atoms with Gasteiger partial charge in [0.2, 0.25) is 0 Å². The molecular weight excluding hydrogens is 345 g/mol. The average Bonchev–Trinajstić information content (AvgIpc) is 3.09. The van der Waals surface area contributed by atoms with Gasteiger partial charge in [-0.05, 0) is 48.5 Å². The molecule has 0 unspecified atom stereocenters. The molecule has 1 aromatic heterocycles. The van der Waals surface area contributed by atoms with Crippen molar-refractivity contribution in [2.24, 2.45) is 0 Å². The van der Waals surface area contributed by atoms with E-state index in [-0.39, 0.29) is 11.7 Å². The fourth-order valence-corrected chi connectivity index (χ4v) is 2.37. The number of amides is 1. The van der Waals surface area contributed by atoms with Gasteiger partial charge in [0.15, 0.2) is 5.82 Å². The number of nitrogens with zero attached hydrogens (tertiary/aromatic N) is 3. The topological polar surface area (TPSA) is 59.2 Å². The Balaban J connectivity index is 1.60. The average molecular weight is 360 g/mol. The largest absolute Gasteiger partial charge is 0.341 e. The minimum Gasteiger partial charge on any atom is -0.341 e. The summed E-state index contributed by atoms with van der Waals surface area (Å²) in [5.41, 5.74) is 1.21. The van der Waals surface area contributed by atoms with Gasteiger partial charge in [-0.15, -0.1) is 0 Å². The highest BCUT2D eigenvalue weighted by Crippen LogP contribution is 2.19. The SMILES string of the molecule is CN(CCc1noc(-c2ccc(Cl)cc2)n1)C(=O)c1ccc(F)cc1. The van der Waals surface area contributed by atoms with E-state index in [1.807, 2.05) is 0 Å². The molecule has 0 saturated carbocycles. The fraction of sp³-hybridized carbons (Fsp3) is 0.167. The third-order valence-electron chi connectivity index (χ3n) is 3.67. The monoisotopic (exact) mass is 359 g/mol. The maximum Gasteiger partial charge on any atom is 0.257 e. The van der Waals surface area contributed by atoms with Crippen LogP contribution in [0.1, 0.15) is 16.2 Å². The van der Waals surface area contributed by atoms with Gasteiger partial charge in [-0.2, -0.15) is 4.98 Å². The van der Waals surface area contributed by atoms with Gasteiger partial charge in [0.05, 0.1) is 0 Å². The summed E-state index contributed by atoms with van der Waals surface area (Å²) >= 11 is 5.85. The Bertz CT molecular complexity index is 863. The Morgan fingerprint density at radius 3 is 2.52 bits per heavy atom. The van der Waals surface area contributed by atoms with Crippen LogP contribution in [0.15, 0.2) is 53.1 Å². The van der Waals surface area contributed by atoms with E-state index in [0.717, 1.165) is 5.56 Å². The zero-order valence-corrected chi connectivity index (χ0v) is 14.2. The molecule has 3 rings (SSSR count). The molecule has 2 aromatic carbocycles. The zero-order valence-electron chi connectivity index (χ0n) is 13.4. The number of benzene rings is 2. The first-order valence-corrected chi connectivity index (χ1v) is 8.00. The summed E-state index contributed by atoms with van der Waals surface area (Å²) in [6.07, 6.45) is 0.445. The van der Waals surface area contributed by atoms with E-state index in [1.165, 1.54) is 29.2 Å². The molecule has 0 aliphatic rings. The van der Waals surface area contributed by atoms with Crippen LogP contribution in [-0.2, 0) is 6.42 Å². The lowest BCUT2D eigenvalue weighted by Gasteiger charge is -2.16. The number of halogens is 2. The smallest absolute Gasteiger partial charge is 0.257 e. The van der Waals surface area contributed by atoms with Crippen LogP contribution < -0.4 is 0 Å². The maximum absolute atomic E-state index is 12.9. The van der Waals surface area contributed by atoms with Crippen LogP contribution in [-0.4, -0.2) is 34.5 Å². The number of likely N-dealkylation sites (N-methyl/N-ethyl adjacent to an activating group) is 1. The molecule has 1 amide bonds. The lowest BCUT2D eigenvalue weighted by Crippen LogP contribution is -2.29. The fourth-order valence-electron chi connectivity index (χ4n) is 2.25. The van der Waals surface area contributed by atoms with E-state index in [2.05, 4.69) is 10.1 Å². The van der Waals surface area contributed by atoms with Crippen LogP contribution in [0.2, 0.25) is 5.02 Å². The van der Waals surface area contributed by atoms with Gasteiger partial charge < -0.3 is 9.42 Å². The molecule has 5 nitrogen and oxygen atoms in total. The summed E-state index contributed by atoms with van der Waals surface area (Å²) in [6, 6.07) is 12.5. The first-order valence-electron chi connectivity index (χ1n) is 7.62. The van der Waals surface area contributed by atoms with Crippen molar-refractivity contribution in [3.63, 3.8) is 0 Å². The van der Waals surface area contributed by atoms with Crippen LogP contribution in [0.5, 0.6) is 0 Å². The second-order valence-corrected chi connectivity index (χ2v) is 5.94. The number of carbonyl (C=O) groups is 1. The second-order valence-electron chi connectivity index (χ2n) is 5.51. The zero-order chi connectivity index (χ0) is 17.8. The molecule has 0 bridgehead atoms. The minimum atomic E-state index is -0.374. The molecule has 0 aliphatic heterocycles. The third kappa shape index (κ3) is 4.22. The quantitative estimate of drug-likeness (QED) is 0.694. The number of carbonyl (C=O) groups excluding carboxylic acids is 1. The first-order chi connectivity index (χ1) is 12.0. The Hall–Kier alpha value is -2.73. The molecule has 0 fully saturated rings. The van der Waals surface area contributed by atoms with Crippen LogP contribution in [0, 0.1) is 5.82 Å². The van der Waals surface area contributed by atoms with Crippen molar-refractivity contribution >= 4 is 17.5 Å². The van der Waals surface area contributed by atoms with Crippen molar-refractivity contribution in [3.8, 4) is 11.5 Å². The Morgan fingerprint density at radius 1 is 1.16 bits per heavy atom. The van der Waals surface area contributed by atoms with E-state index in [0.29, 0.717) is 35.3 Å². The predicted molar refractivity (Wildman–Crippen MR) is 91.8 cm³/mol. The van der Waals surface area contributed by atoms with Crippen LogP contribution in [0.3, 0.4) is 0 Å². The van der Waals surface area contributed by atoms with Crippen molar-refractivity contribution < 1.29 is 13.7 Å². The van der Waals surface area contributed by atoms with Gasteiger partial charge in [-0.3, -0.25) is 4.79 Å². The molecule has 0 radical (unpaired) electrons. The number of aromatic nitrogens is 2. The van der Waals surface area contributed by atoms with E-state index < -0.39 is 0 Å². The molecule has 0 spiro atoms. The summed E-state index contributed by atoms with van der Waals surface area (Å²) in [6.45, 7) is 0.413. The standard InChI is InChI=1S/C18H15ClFN3O2/c1-23(18(24)13-4-8-15(20)9-5-13)11-10-16-21-17(25-22-16)12-2-6-14(19)7-3-12/h2-9H,10-11H2,1H3. The summed E-state index contributed by atoms with van der Waals surface area (Å²) < 4.78 is 18.2. The van der Waals surface area contributed by atoms with E-state index >= 15 is 0 Å². The van der Waals surface area contributed by atoms with Gasteiger partial charge in [0.25, 0.3) is 11.8 Å². The van der Waals surface area contributed by atoms with Crippen LogP contribution in [0.4, 0.5) is 4.39 Å². The van der Waals surface area contributed by atoms with Gasteiger partial charge in [0.1, 0.15) is 5.82 Å². The molecule has 0 N–H and O–H groups in total. The Kier molecular flexibility index (Phi) is 5.09. The third-order valence-corrected chi connectivity index (χ3v) is 3.92. The molecule has 128 valence electrons. The normalized spacial score (nSPS) is 10.7. The van der Waals surface area contributed by atoms with E-state index in [1.54, 1.807) is 31.3 Å². The van der Waals surface area contributed by atoms with Gasteiger partial charge >= 0.3 is 0 Å². The Morgan fingerprint density at radius 2 is 1.84 bits per heavy atom. The molecule has 0 aliphatic carbocycles. The highest BCUT2D eigenvalue weighted by molar-refractivity contribution is 6.30. The molecule has 7 heteroatoms. The second kappa shape index (κ2) is 7.44. The highest BCUT2D eigenvalue weighted by atomic mass is 35.5. The van der Waals surface area contributed by atoms with Gasteiger partial charge in [0, 0.05) is 36.2 Å². The van der Waals surface area contributed by atoms with Crippen molar-refractivity contribution in [2.45, 2.75) is 6.42 Å². The molecule has 25 heavy (non-hydrogen) atoms. The van der Waals surface area contributed by atoms with Gasteiger partial charge in [-0.25, -0.2) is 4.39 Å². The summed E-state index contributed by atoms with van der Waals surface area (Å²) in [5, 5.41) is 4.55.